The van der Waals surface area contributed by atoms with Crippen LogP contribution in [-0.2, 0) is 19.1 Å². The van der Waals surface area contributed by atoms with Gasteiger partial charge in [-0.3, -0.25) is 9.59 Å². The Labute approximate surface area is 119 Å². The molecule has 7 heteroatoms. The van der Waals surface area contributed by atoms with E-state index in [-0.39, 0.29) is 24.8 Å². The van der Waals surface area contributed by atoms with Crippen molar-refractivity contribution in [2.45, 2.75) is 39.2 Å². The van der Waals surface area contributed by atoms with Crippen LogP contribution in [-0.4, -0.2) is 60.6 Å². The average molecular weight is 288 g/mol. The second-order valence-electron chi connectivity index (χ2n) is 4.29. The first-order valence-electron chi connectivity index (χ1n) is 6.76. The third-order valence-corrected chi connectivity index (χ3v) is 2.96. The van der Waals surface area contributed by atoms with Crippen LogP contribution in [0.5, 0.6) is 0 Å². The summed E-state index contributed by atoms with van der Waals surface area (Å²) in [6, 6.07) is 0. The Kier molecular flexibility index (Phi) is 9.36. The van der Waals surface area contributed by atoms with Crippen LogP contribution in [0.15, 0.2) is 0 Å². The minimum absolute atomic E-state index is 0.0307. The van der Waals surface area contributed by atoms with E-state index >= 15 is 0 Å². The third kappa shape index (κ3) is 7.08. The quantitative estimate of drug-likeness (QED) is 0.600. The fourth-order valence-corrected chi connectivity index (χ4v) is 1.70. The molecule has 0 aliphatic carbocycles. The number of hydrogen-bond donors (Lipinski definition) is 2. The van der Waals surface area contributed by atoms with Crippen molar-refractivity contribution in [3.63, 3.8) is 0 Å². The summed E-state index contributed by atoms with van der Waals surface area (Å²) in [4.78, 5) is 35.5. The summed E-state index contributed by atoms with van der Waals surface area (Å²) >= 11 is 0. The number of ether oxygens (including phenoxy) is 1. The highest BCUT2D eigenvalue weighted by Gasteiger charge is 2.17. The zero-order valence-electron chi connectivity index (χ0n) is 12.3. The van der Waals surface area contributed by atoms with Gasteiger partial charge < -0.3 is 20.1 Å². The second kappa shape index (κ2) is 10.2. The van der Waals surface area contributed by atoms with Crippen molar-refractivity contribution in [3.8, 4) is 0 Å². The molecule has 0 saturated heterocycles. The number of hydrogen-bond acceptors (Lipinski definition) is 4. The highest BCUT2D eigenvalue weighted by Crippen LogP contribution is 2.01. The van der Waals surface area contributed by atoms with E-state index in [1.54, 1.807) is 4.90 Å². The summed E-state index contributed by atoms with van der Waals surface area (Å²) < 4.78 is 4.69. The summed E-state index contributed by atoms with van der Waals surface area (Å²) in [7, 11) is 1.27. The SMILES string of the molecule is CCN(CC)C(=O)CCCC(=O)NCC(OC)C(=O)O. The molecular weight excluding hydrogens is 264 g/mol. The zero-order valence-corrected chi connectivity index (χ0v) is 12.3. The second-order valence-corrected chi connectivity index (χ2v) is 4.29. The Morgan fingerprint density at radius 1 is 1.20 bits per heavy atom. The predicted octanol–water partition coefficient (Wildman–Crippen LogP) is 0.241. The lowest BCUT2D eigenvalue weighted by Gasteiger charge is -2.18. The average Bonchev–Trinajstić information content (AvgIpc) is 2.40. The highest BCUT2D eigenvalue weighted by molar-refractivity contribution is 5.79. The largest absolute Gasteiger partial charge is 0.479 e. The lowest BCUT2D eigenvalue weighted by Crippen LogP contribution is -2.37. The fraction of sp³-hybridized carbons (Fsp3) is 0.769. The van der Waals surface area contributed by atoms with Gasteiger partial charge in [0, 0.05) is 33.0 Å². The molecule has 2 N–H and O–H groups in total. The van der Waals surface area contributed by atoms with Crippen molar-refractivity contribution < 1.29 is 24.2 Å². The maximum atomic E-state index is 11.7. The molecular formula is C13H24N2O5. The van der Waals surface area contributed by atoms with Crippen molar-refractivity contribution in [2.24, 2.45) is 0 Å². The molecule has 116 valence electrons. The zero-order chi connectivity index (χ0) is 15.5. The number of amides is 2. The molecule has 0 radical (unpaired) electrons. The molecule has 0 saturated carbocycles. The third-order valence-electron chi connectivity index (χ3n) is 2.96. The molecule has 0 fully saturated rings. The van der Waals surface area contributed by atoms with E-state index in [0.29, 0.717) is 25.9 Å². The molecule has 0 aliphatic rings. The number of nitrogens with one attached hydrogen (secondary N) is 1. The molecule has 0 aromatic heterocycles. The Bertz CT molecular complexity index is 329. The summed E-state index contributed by atoms with van der Waals surface area (Å²) in [5, 5.41) is 11.2. The summed E-state index contributed by atoms with van der Waals surface area (Å²) in [5.41, 5.74) is 0. The van der Waals surface area contributed by atoms with Gasteiger partial charge in [-0.25, -0.2) is 4.79 Å². The molecule has 0 aromatic rings. The smallest absolute Gasteiger partial charge is 0.334 e. The van der Waals surface area contributed by atoms with Crippen molar-refractivity contribution in [2.75, 3.05) is 26.7 Å². The van der Waals surface area contributed by atoms with Gasteiger partial charge in [-0.15, -0.1) is 0 Å². The standard InChI is InChI=1S/C13H24N2O5/c1-4-15(5-2)12(17)8-6-7-11(16)14-9-10(20-3)13(18)19/h10H,4-9H2,1-3H3,(H,14,16)(H,18,19). The van der Waals surface area contributed by atoms with Crippen molar-refractivity contribution in [1.82, 2.24) is 10.2 Å². The van der Waals surface area contributed by atoms with E-state index < -0.39 is 12.1 Å². The fourth-order valence-electron chi connectivity index (χ4n) is 1.70. The molecule has 0 aliphatic heterocycles. The molecule has 0 heterocycles. The topological polar surface area (TPSA) is 95.9 Å². The van der Waals surface area contributed by atoms with Gasteiger partial charge in [-0.1, -0.05) is 0 Å². The number of nitrogens with zero attached hydrogens (tertiary/aromatic N) is 1. The molecule has 1 unspecified atom stereocenters. The van der Waals surface area contributed by atoms with Gasteiger partial charge in [-0.2, -0.15) is 0 Å². The van der Waals surface area contributed by atoms with E-state index in [2.05, 4.69) is 5.32 Å². The Balaban J connectivity index is 3.89. The highest BCUT2D eigenvalue weighted by atomic mass is 16.5. The monoisotopic (exact) mass is 288 g/mol. The van der Waals surface area contributed by atoms with Crippen LogP contribution in [0.2, 0.25) is 0 Å². The number of aliphatic carboxylic acids is 1. The molecule has 20 heavy (non-hydrogen) atoms. The van der Waals surface area contributed by atoms with Crippen LogP contribution in [0.1, 0.15) is 33.1 Å². The van der Waals surface area contributed by atoms with Gasteiger partial charge in [0.05, 0.1) is 6.54 Å². The van der Waals surface area contributed by atoms with Crippen LogP contribution < -0.4 is 5.32 Å². The van der Waals surface area contributed by atoms with Gasteiger partial charge in [0.1, 0.15) is 0 Å². The maximum absolute atomic E-state index is 11.7. The van der Waals surface area contributed by atoms with E-state index in [4.69, 9.17) is 9.84 Å². The lowest BCUT2D eigenvalue weighted by atomic mass is 10.2. The minimum atomic E-state index is -1.12. The normalized spacial score (nSPS) is 11.8. The van der Waals surface area contributed by atoms with Crippen LogP contribution in [0, 0.1) is 0 Å². The number of carbonyl (C=O) groups is 3. The molecule has 7 nitrogen and oxygen atoms in total. The Morgan fingerprint density at radius 3 is 2.25 bits per heavy atom. The predicted molar refractivity (Wildman–Crippen MR) is 73.2 cm³/mol. The Hall–Kier alpha value is -1.63. The number of rotatable bonds is 10. The maximum Gasteiger partial charge on any atom is 0.334 e. The van der Waals surface area contributed by atoms with Crippen molar-refractivity contribution >= 4 is 17.8 Å². The molecule has 2 amide bonds. The van der Waals surface area contributed by atoms with E-state index in [1.807, 2.05) is 13.8 Å². The molecule has 0 aromatic carbocycles. The Morgan fingerprint density at radius 2 is 1.80 bits per heavy atom. The van der Waals surface area contributed by atoms with Gasteiger partial charge in [-0.05, 0) is 20.3 Å². The molecule has 1 atom stereocenters. The van der Waals surface area contributed by atoms with Crippen molar-refractivity contribution in [1.29, 1.82) is 0 Å². The lowest BCUT2D eigenvalue weighted by molar-refractivity contribution is -0.148. The van der Waals surface area contributed by atoms with Gasteiger partial charge in [0.15, 0.2) is 6.10 Å². The minimum Gasteiger partial charge on any atom is -0.479 e. The number of carboxylic acid groups (broad SMARTS) is 1. The van der Waals surface area contributed by atoms with Crippen LogP contribution in [0.4, 0.5) is 0 Å². The first-order valence-corrected chi connectivity index (χ1v) is 6.76. The van der Waals surface area contributed by atoms with Crippen LogP contribution in [0.3, 0.4) is 0 Å². The van der Waals surface area contributed by atoms with Gasteiger partial charge in [0.2, 0.25) is 11.8 Å². The van der Waals surface area contributed by atoms with E-state index in [1.165, 1.54) is 7.11 Å². The van der Waals surface area contributed by atoms with Gasteiger partial charge in [0.25, 0.3) is 0 Å². The number of carboxylic acids is 1. The summed E-state index contributed by atoms with van der Waals surface area (Å²) in [5.74, 6) is -1.37. The van der Waals surface area contributed by atoms with Gasteiger partial charge >= 0.3 is 5.97 Å². The number of methoxy groups -OCH3 is 1. The first-order chi connectivity index (χ1) is 9.46. The van der Waals surface area contributed by atoms with Crippen LogP contribution >= 0.6 is 0 Å². The number of carbonyl (C=O) groups excluding carboxylic acids is 2. The van der Waals surface area contributed by atoms with Crippen LogP contribution in [0.25, 0.3) is 0 Å². The van der Waals surface area contributed by atoms with E-state index in [0.717, 1.165) is 0 Å². The first kappa shape index (κ1) is 18.4. The molecule has 0 rings (SSSR count). The summed E-state index contributed by atoms with van der Waals surface area (Å²) in [6.45, 7) is 5.07. The molecule has 0 bridgehead atoms. The summed E-state index contributed by atoms with van der Waals surface area (Å²) in [6.07, 6.45) is -0.0762. The van der Waals surface area contributed by atoms with E-state index in [9.17, 15) is 14.4 Å². The molecule has 0 spiro atoms. The van der Waals surface area contributed by atoms with Crippen molar-refractivity contribution in [3.05, 3.63) is 0 Å².